The average molecular weight is 290 g/mol. The van der Waals surface area contributed by atoms with E-state index in [1.165, 1.54) is 18.4 Å². The molecule has 0 atom stereocenters. The number of methoxy groups -OCH3 is 1. The van der Waals surface area contributed by atoms with E-state index in [-0.39, 0.29) is 0 Å². The molecule has 5 heteroatoms. The molecule has 0 spiro atoms. The van der Waals surface area contributed by atoms with Crippen LogP contribution in [0.4, 0.5) is 0 Å². The quantitative estimate of drug-likeness (QED) is 0.919. The normalized spacial score (nSPS) is 14.3. The van der Waals surface area contributed by atoms with E-state index < -0.39 is 0 Å². The van der Waals surface area contributed by atoms with Crippen molar-refractivity contribution in [1.29, 1.82) is 0 Å². The van der Waals surface area contributed by atoms with Crippen LogP contribution >= 0.6 is 11.6 Å². The Morgan fingerprint density at radius 1 is 1.30 bits per heavy atom. The van der Waals surface area contributed by atoms with Crippen LogP contribution in [0.2, 0.25) is 5.02 Å². The van der Waals surface area contributed by atoms with Gasteiger partial charge < -0.3 is 10.1 Å². The van der Waals surface area contributed by atoms with Gasteiger partial charge in [0.15, 0.2) is 0 Å². The maximum Gasteiger partial charge on any atom is 0.240 e. The molecule has 0 unspecified atom stereocenters. The number of ether oxygens (including phenoxy) is 1. The van der Waals surface area contributed by atoms with Gasteiger partial charge in [0.25, 0.3) is 0 Å². The topological polar surface area (TPSA) is 47.0 Å². The maximum absolute atomic E-state index is 6.37. The summed E-state index contributed by atoms with van der Waals surface area (Å²) in [5.41, 5.74) is 2.68. The third-order valence-electron chi connectivity index (χ3n) is 3.32. The fourth-order valence-corrected chi connectivity index (χ4v) is 2.36. The highest BCUT2D eigenvalue weighted by Crippen LogP contribution is 2.32. The van der Waals surface area contributed by atoms with Gasteiger partial charge in [-0.15, -0.1) is 0 Å². The van der Waals surface area contributed by atoms with Gasteiger partial charge in [0, 0.05) is 30.5 Å². The molecule has 0 aliphatic heterocycles. The third-order valence-corrected chi connectivity index (χ3v) is 3.63. The molecule has 1 aromatic heterocycles. The van der Waals surface area contributed by atoms with Crippen molar-refractivity contribution in [2.75, 3.05) is 7.11 Å². The molecule has 1 N–H and O–H groups in total. The lowest BCUT2D eigenvalue weighted by atomic mass is 10.1. The van der Waals surface area contributed by atoms with Crippen LogP contribution in [0.25, 0.3) is 11.3 Å². The fourth-order valence-electron chi connectivity index (χ4n) is 2.07. The Hall–Kier alpha value is -1.65. The van der Waals surface area contributed by atoms with Crippen LogP contribution in [0.1, 0.15) is 18.4 Å². The smallest absolute Gasteiger partial charge is 0.240 e. The number of benzene rings is 1. The molecule has 104 valence electrons. The second-order valence-electron chi connectivity index (χ2n) is 4.88. The molecule has 1 aromatic carbocycles. The van der Waals surface area contributed by atoms with Crippen LogP contribution in [-0.4, -0.2) is 23.1 Å². The van der Waals surface area contributed by atoms with Gasteiger partial charge in [-0.25, -0.2) is 9.97 Å². The van der Waals surface area contributed by atoms with Crippen LogP contribution < -0.4 is 10.1 Å². The third kappa shape index (κ3) is 2.92. The number of halogens is 1. The summed E-state index contributed by atoms with van der Waals surface area (Å²) in [5.74, 6) is 0.484. The monoisotopic (exact) mass is 289 g/mol. The molecule has 1 fully saturated rings. The number of nitrogens with one attached hydrogen (secondary N) is 1. The van der Waals surface area contributed by atoms with Gasteiger partial charge in [0.2, 0.25) is 5.88 Å². The van der Waals surface area contributed by atoms with Crippen molar-refractivity contribution in [1.82, 2.24) is 15.3 Å². The molecule has 2 aromatic rings. The molecule has 1 aliphatic rings. The van der Waals surface area contributed by atoms with Crippen molar-refractivity contribution in [2.45, 2.75) is 25.4 Å². The van der Waals surface area contributed by atoms with Crippen molar-refractivity contribution in [2.24, 2.45) is 0 Å². The molecule has 0 bridgehead atoms. The highest BCUT2D eigenvalue weighted by molar-refractivity contribution is 6.33. The summed E-state index contributed by atoms with van der Waals surface area (Å²) >= 11 is 6.37. The SMILES string of the molecule is COc1nccnc1-c1ccc(CNC2CC2)cc1Cl. The highest BCUT2D eigenvalue weighted by atomic mass is 35.5. The van der Waals surface area contributed by atoms with Crippen LogP contribution in [0.15, 0.2) is 30.6 Å². The second kappa shape index (κ2) is 5.77. The van der Waals surface area contributed by atoms with Crippen molar-refractivity contribution in [3.8, 4) is 17.1 Å². The van der Waals surface area contributed by atoms with E-state index in [1.807, 2.05) is 12.1 Å². The van der Waals surface area contributed by atoms with Gasteiger partial charge in [-0.3, -0.25) is 0 Å². The standard InChI is InChI=1S/C15H16ClN3O/c1-20-15-14(17-6-7-18-15)12-5-2-10(8-13(12)16)9-19-11-3-4-11/h2,5-8,11,19H,3-4,9H2,1H3. The first-order valence-electron chi connectivity index (χ1n) is 6.65. The summed E-state index contributed by atoms with van der Waals surface area (Å²) in [7, 11) is 1.58. The van der Waals surface area contributed by atoms with Gasteiger partial charge in [-0.05, 0) is 24.5 Å². The average Bonchev–Trinajstić information content (AvgIpc) is 3.29. The summed E-state index contributed by atoms with van der Waals surface area (Å²) < 4.78 is 5.23. The van der Waals surface area contributed by atoms with Crippen LogP contribution in [0, 0.1) is 0 Å². The molecular weight excluding hydrogens is 274 g/mol. The van der Waals surface area contributed by atoms with Crippen molar-refractivity contribution < 1.29 is 4.74 Å². The van der Waals surface area contributed by atoms with Gasteiger partial charge in [0.05, 0.1) is 12.1 Å². The number of nitrogens with zero attached hydrogens (tertiary/aromatic N) is 2. The van der Waals surface area contributed by atoms with E-state index in [2.05, 4.69) is 21.4 Å². The number of hydrogen-bond acceptors (Lipinski definition) is 4. The summed E-state index contributed by atoms with van der Waals surface area (Å²) in [4.78, 5) is 8.46. The van der Waals surface area contributed by atoms with Gasteiger partial charge in [0.1, 0.15) is 5.69 Å². The second-order valence-corrected chi connectivity index (χ2v) is 5.29. The predicted molar refractivity (Wildman–Crippen MR) is 78.9 cm³/mol. The summed E-state index contributed by atoms with van der Waals surface area (Å²) in [5, 5.41) is 4.14. The van der Waals surface area contributed by atoms with E-state index in [4.69, 9.17) is 16.3 Å². The van der Waals surface area contributed by atoms with E-state index in [1.54, 1.807) is 19.5 Å². The first-order chi connectivity index (χ1) is 9.78. The van der Waals surface area contributed by atoms with E-state index >= 15 is 0 Å². The highest BCUT2D eigenvalue weighted by Gasteiger charge is 2.20. The van der Waals surface area contributed by atoms with Crippen LogP contribution in [0.3, 0.4) is 0 Å². The molecule has 1 heterocycles. The van der Waals surface area contributed by atoms with Crippen molar-refractivity contribution in [3.63, 3.8) is 0 Å². The number of hydrogen-bond donors (Lipinski definition) is 1. The molecule has 4 nitrogen and oxygen atoms in total. The molecule has 0 saturated heterocycles. The zero-order valence-corrected chi connectivity index (χ0v) is 12.0. The van der Waals surface area contributed by atoms with E-state index in [0.29, 0.717) is 22.6 Å². The Labute approximate surface area is 123 Å². The Balaban J connectivity index is 1.85. The lowest BCUT2D eigenvalue weighted by Gasteiger charge is -2.09. The molecular formula is C15H16ClN3O. The predicted octanol–water partition coefficient (Wildman–Crippen LogP) is 3.06. The fraction of sp³-hybridized carbons (Fsp3) is 0.333. The first-order valence-corrected chi connectivity index (χ1v) is 7.03. The van der Waals surface area contributed by atoms with Gasteiger partial charge >= 0.3 is 0 Å². The minimum atomic E-state index is 0.484. The minimum Gasteiger partial charge on any atom is -0.479 e. The molecule has 20 heavy (non-hydrogen) atoms. The molecule has 0 amide bonds. The number of rotatable bonds is 5. The Kier molecular flexibility index (Phi) is 3.85. The molecule has 3 rings (SSSR count). The molecule has 1 saturated carbocycles. The molecule has 0 radical (unpaired) electrons. The van der Waals surface area contributed by atoms with E-state index in [0.717, 1.165) is 12.1 Å². The maximum atomic E-state index is 6.37. The Bertz CT molecular complexity index is 614. The largest absolute Gasteiger partial charge is 0.479 e. The van der Waals surface area contributed by atoms with Crippen molar-refractivity contribution >= 4 is 11.6 Å². The molecule has 1 aliphatic carbocycles. The first kappa shape index (κ1) is 13.3. The van der Waals surface area contributed by atoms with E-state index in [9.17, 15) is 0 Å². The lowest BCUT2D eigenvalue weighted by molar-refractivity contribution is 0.398. The number of aromatic nitrogens is 2. The lowest BCUT2D eigenvalue weighted by Crippen LogP contribution is -2.15. The van der Waals surface area contributed by atoms with Gasteiger partial charge in [-0.2, -0.15) is 0 Å². The summed E-state index contributed by atoms with van der Waals surface area (Å²) in [6, 6.07) is 6.69. The van der Waals surface area contributed by atoms with Gasteiger partial charge in [-0.1, -0.05) is 23.7 Å². The summed E-state index contributed by atoms with van der Waals surface area (Å²) in [6.07, 6.45) is 5.80. The Morgan fingerprint density at radius 3 is 2.80 bits per heavy atom. The van der Waals surface area contributed by atoms with Crippen LogP contribution in [0.5, 0.6) is 5.88 Å². The summed E-state index contributed by atoms with van der Waals surface area (Å²) in [6.45, 7) is 0.849. The minimum absolute atomic E-state index is 0.484. The zero-order valence-electron chi connectivity index (χ0n) is 11.3. The Morgan fingerprint density at radius 2 is 2.10 bits per heavy atom. The van der Waals surface area contributed by atoms with Crippen molar-refractivity contribution in [3.05, 3.63) is 41.2 Å². The zero-order chi connectivity index (χ0) is 13.9. The van der Waals surface area contributed by atoms with Crippen LogP contribution in [-0.2, 0) is 6.54 Å².